The number of carbonyl (C=O) groups excluding carboxylic acids is 3. The van der Waals surface area contributed by atoms with Crippen molar-refractivity contribution in [2.75, 3.05) is 6.61 Å². The van der Waals surface area contributed by atoms with Crippen LogP contribution in [0.15, 0.2) is 78.4 Å². The minimum atomic E-state index is -0.789. The molecule has 0 saturated carbocycles. The third kappa shape index (κ3) is 6.42. The Balaban J connectivity index is 1.70. The van der Waals surface area contributed by atoms with Crippen molar-refractivity contribution in [3.8, 4) is 5.75 Å². The van der Waals surface area contributed by atoms with E-state index in [1.165, 1.54) is 4.90 Å². The summed E-state index contributed by atoms with van der Waals surface area (Å²) in [6.07, 6.45) is -0.239. The summed E-state index contributed by atoms with van der Waals surface area (Å²) < 4.78 is 11.0. The van der Waals surface area contributed by atoms with Crippen molar-refractivity contribution < 1.29 is 29.0 Å². The fourth-order valence-corrected chi connectivity index (χ4v) is 4.58. The Bertz CT molecular complexity index is 1420. The molecule has 4 rings (SSSR count). The first-order chi connectivity index (χ1) is 19.0. The van der Waals surface area contributed by atoms with E-state index >= 15 is 0 Å². The minimum Gasteiger partial charge on any atom is -0.507 e. The summed E-state index contributed by atoms with van der Waals surface area (Å²) in [6, 6.07) is 20.3. The molecule has 0 radical (unpaired) electrons. The number of nitrogens with zero attached hydrogens (tertiary/aromatic N) is 1. The number of ether oxygens (including phenoxy) is 2. The van der Waals surface area contributed by atoms with Crippen LogP contribution in [0.25, 0.3) is 5.76 Å². The maximum atomic E-state index is 13.4. The standard InChI is InChI=1S/C33H35NO6/c1-20(2)19-39-27-15-13-24(14-16-27)30(35)28-29(26-8-6-7-22(5)17-26)34(32(37)31(28)36)18-23-9-11-25(12-10-23)33(38)40-21(3)4/h6-17,20-21,29,35H,18-19H2,1-5H3/b30-28+. The van der Waals surface area contributed by atoms with E-state index in [2.05, 4.69) is 13.8 Å². The largest absolute Gasteiger partial charge is 0.507 e. The highest BCUT2D eigenvalue weighted by Gasteiger charge is 2.46. The van der Waals surface area contributed by atoms with Gasteiger partial charge in [0.2, 0.25) is 0 Å². The van der Waals surface area contributed by atoms with Gasteiger partial charge in [0.15, 0.2) is 0 Å². The number of esters is 1. The number of Topliss-reactive ketones (excluding diaryl/α,β-unsaturated/α-hetero) is 1. The van der Waals surface area contributed by atoms with Gasteiger partial charge in [0.05, 0.1) is 29.9 Å². The molecule has 3 aromatic rings. The molecular weight excluding hydrogens is 506 g/mol. The summed E-state index contributed by atoms with van der Waals surface area (Å²) in [7, 11) is 0. The third-order valence-electron chi connectivity index (χ3n) is 6.49. The van der Waals surface area contributed by atoms with E-state index in [4.69, 9.17) is 9.47 Å². The lowest BCUT2D eigenvalue weighted by Gasteiger charge is -2.26. The number of rotatable bonds is 9. The molecule has 40 heavy (non-hydrogen) atoms. The van der Waals surface area contributed by atoms with Gasteiger partial charge in [-0.15, -0.1) is 0 Å². The van der Waals surface area contributed by atoms with E-state index in [1.54, 1.807) is 62.4 Å². The lowest BCUT2D eigenvalue weighted by molar-refractivity contribution is -0.140. The molecule has 3 aromatic carbocycles. The van der Waals surface area contributed by atoms with Gasteiger partial charge in [-0.3, -0.25) is 9.59 Å². The van der Waals surface area contributed by atoms with Crippen LogP contribution in [0.3, 0.4) is 0 Å². The molecule has 1 unspecified atom stereocenters. The molecule has 1 N–H and O–H groups in total. The molecule has 7 heteroatoms. The zero-order valence-electron chi connectivity index (χ0n) is 23.5. The van der Waals surface area contributed by atoms with Crippen molar-refractivity contribution in [3.63, 3.8) is 0 Å². The van der Waals surface area contributed by atoms with Crippen molar-refractivity contribution in [3.05, 3.63) is 106 Å². The second-order valence-corrected chi connectivity index (χ2v) is 10.7. The number of aliphatic hydroxyl groups is 1. The molecule has 0 aromatic heterocycles. The fraction of sp³-hybridized carbons (Fsp3) is 0.303. The van der Waals surface area contributed by atoms with Gasteiger partial charge in [-0.25, -0.2) is 4.79 Å². The van der Waals surface area contributed by atoms with Crippen LogP contribution in [0, 0.1) is 12.8 Å². The number of amides is 1. The predicted molar refractivity (Wildman–Crippen MR) is 153 cm³/mol. The molecule has 1 fully saturated rings. The van der Waals surface area contributed by atoms with Gasteiger partial charge < -0.3 is 19.5 Å². The Labute approximate surface area is 235 Å². The smallest absolute Gasteiger partial charge is 0.338 e. The van der Waals surface area contributed by atoms with Crippen LogP contribution in [-0.2, 0) is 20.9 Å². The first-order valence-corrected chi connectivity index (χ1v) is 13.4. The van der Waals surface area contributed by atoms with Crippen LogP contribution in [-0.4, -0.2) is 40.4 Å². The van der Waals surface area contributed by atoms with Crippen molar-refractivity contribution in [2.45, 2.75) is 53.3 Å². The van der Waals surface area contributed by atoms with Gasteiger partial charge >= 0.3 is 5.97 Å². The highest BCUT2D eigenvalue weighted by atomic mass is 16.5. The van der Waals surface area contributed by atoms with Crippen molar-refractivity contribution in [1.82, 2.24) is 4.90 Å². The first kappa shape index (κ1) is 28.6. The normalized spacial score (nSPS) is 16.6. The predicted octanol–water partition coefficient (Wildman–Crippen LogP) is 6.22. The van der Waals surface area contributed by atoms with E-state index in [1.807, 2.05) is 31.2 Å². The highest BCUT2D eigenvalue weighted by Crippen LogP contribution is 2.40. The summed E-state index contributed by atoms with van der Waals surface area (Å²) in [6.45, 7) is 10.3. The Morgan fingerprint density at radius 2 is 1.57 bits per heavy atom. The van der Waals surface area contributed by atoms with Gasteiger partial charge in [-0.05, 0) is 74.2 Å². The summed E-state index contributed by atoms with van der Waals surface area (Å²) in [5.41, 5.74) is 3.25. The Kier molecular flexibility index (Phi) is 8.73. The van der Waals surface area contributed by atoms with Crippen molar-refractivity contribution in [2.24, 2.45) is 5.92 Å². The van der Waals surface area contributed by atoms with E-state index in [9.17, 15) is 19.5 Å². The first-order valence-electron chi connectivity index (χ1n) is 13.4. The lowest BCUT2D eigenvalue weighted by Crippen LogP contribution is -2.29. The maximum absolute atomic E-state index is 13.4. The minimum absolute atomic E-state index is 0.0311. The molecule has 1 aliphatic heterocycles. The molecule has 1 atom stereocenters. The fourth-order valence-electron chi connectivity index (χ4n) is 4.58. The van der Waals surface area contributed by atoms with Crippen LogP contribution in [0.4, 0.5) is 0 Å². The molecule has 1 saturated heterocycles. The second-order valence-electron chi connectivity index (χ2n) is 10.7. The third-order valence-corrected chi connectivity index (χ3v) is 6.49. The molecular formula is C33H35NO6. The van der Waals surface area contributed by atoms with Crippen LogP contribution >= 0.6 is 0 Å². The molecule has 1 amide bonds. The SMILES string of the molecule is Cc1cccc(C2/C(=C(\O)c3ccc(OCC(C)C)cc3)C(=O)C(=O)N2Cc2ccc(C(=O)OC(C)C)cc2)c1. The summed E-state index contributed by atoms with van der Waals surface area (Å²) in [4.78, 5) is 40.5. The van der Waals surface area contributed by atoms with Gasteiger partial charge in [-0.1, -0.05) is 55.8 Å². The number of hydrogen-bond donors (Lipinski definition) is 1. The van der Waals surface area contributed by atoms with E-state index in [0.717, 1.165) is 16.7 Å². The van der Waals surface area contributed by atoms with Gasteiger partial charge in [0.25, 0.3) is 11.7 Å². The Morgan fingerprint density at radius 1 is 0.925 bits per heavy atom. The number of aliphatic hydroxyl groups excluding tert-OH is 1. The molecule has 1 aliphatic rings. The van der Waals surface area contributed by atoms with Crippen LogP contribution in [0.5, 0.6) is 5.75 Å². The zero-order chi connectivity index (χ0) is 29.0. The summed E-state index contributed by atoms with van der Waals surface area (Å²) in [5, 5.41) is 11.4. The number of hydrogen-bond acceptors (Lipinski definition) is 6. The van der Waals surface area contributed by atoms with Crippen molar-refractivity contribution in [1.29, 1.82) is 0 Å². The van der Waals surface area contributed by atoms with E-state index < -0.39 is 23.7 Å². The highest BCUT2D eigenvalue weighted by molar-refractivity contribution is 6.46. The van der Waals surface area contributed by atoms with Crippen LogP contribution in [0.2, 0.25) is 0 Å². The maximum Gasteiger partial charge on any atom is 0.338 e. The quantitative estimate of drug-likeness (QED) is 0.150. The molecule has 208 valence electrons. The number of ketones is 1. The van der Waals surface area contributed by atoms with E-state index in [0.29, 0.717) is 29.4 Å². The number of benzene rings is 3. The molecule has 0 spiro atoms. The van der Waals surface area contributed by atoms with Gasteiger partial charge in [0, 0.05) is 12.1 Å². The Hall–Kier alpha value is -4.39. The van der Waals surface area contributed by atoms with Crippen molar-refractivity contribution >= 4 is 23.4 Å². The number of aryl methyl sites for hydroxylation is 1. The topological polar surface area (TPSA) is 93.1 Å². The average Bonchev–Trinajstić information content (AvgIpc) is 3.16. The van der Waals surface area contributed by atoms with Crippen LogP contribution < -0.4 is 4.74 Å². The lowest BCUT2D eigenvalue weighted by atomic mass is 9.94. The monoisotopic (exact) mass is 541 g/mol. The summed E-state index contributed by atoms with van der Waals surface area (Å²) in [5.74, 6) is -1.10. The van der Waals surface area contributed by atoms with Gasteiger partial charge in [-0.2, -0.15) is 0 Å². The van der Waals surface area contributed by atoms with Gasteiger partial charge in [0.1, 0.15) is 11.5 Å². The molecule has 0 bridgehead atoms. The molecule has 7 nitrogen and oxygen atoms in total. The summed E-state index contributed by atoms with van der Waals surface area (Å²) >= 11 is 0. The molecule has 1 heterocycles. The molecule has 0 aliphatic carbocycles. The number of likely N-dealkylation sites (tertiary alicyclic amines) is 1. The average molecular weight is 542 g/mol. The van der Waals surface area contributed by atoms with Crippen LogP contribution in [0.1, 0.15) is 66.3 Å². The number of carbonyl (C=O) groups is 3. The second kappa shape index (κ2) is 12.2. The van der Waals surface area contributed by atoms with E-state index in [-0.39, 0.29) is 24.0 Å². The Morgan fingerprint density at radius 3 is 2.17 bits per heavy atom. The zero-order valence-corrected chi connectivity index (χ0v) is 23.5.